The molecule has 0 spiro atoms. The van der Waals surface area contributed by atoms with Crippen LogP contribution in [0, 0.1) is 11.3 Å². The Morgan fingerprint density at radius 3 is 2.67 bits per heavy atom. The topological polar surface area (TPSA) is 124 Å². The van der Waals surface area contributed by atoms with E-state index in [9.17, 15) is 15.5 Å². The first-order valence-electron chi connectivity index (χ1n) is 7.19. The largest absolute Gasteiger partial charge is 0.504 e. The van der Waals surface area contributed by atoms with Crippen molar-refractivity contribution >= 4 is 21.3 Å². The lowest BCUT2D eigenvalue weighted by atomic mass is 10.0. The van der Waals surface area contributed by atoms with Gasteiger partial charge in [0.15, 0.2) is 11.5 Å². The Morgan fingerprint density at radius 1 is 1.29 bits per heavy atom. The van der Waals surface area contributed by atoms with E-state index in [0.717, 1.165) is 5.00 Å². The maximum atomic E-state index is 9.77. The second kappa shape index (κ2) is 6.94. The number of thiophene rings is 1. The summed E-state index contributed by atoms with van der Waals surface area (Å²) in [4.78, 5) is 6.61. The molecule has 24 heavy (non-hydrogen) atoms. The third kappa shape index (κ3) is 2.95. The van der Waals surface area contributed by atoms with Crippen molar-refractivity contribution in [3.05, 3.63) is 23.8 Å². The zero-order valence-electron chi connectivity index (χ0n) is 12.7. The average Bonchev–Trinajstić information content (AvgIpc) is 2.97. The number of anilines is 2. The maximum absolute atomic E-state index is 9.77. The van der Waals surface area contributed by atoms with Gasteiger partial charge in [0.05, 0.1) is 18.8 Å². The number of nitrogens with two attached hydrogens (primary N) is 1. The first kappa shape index (κ1) is 16.4. The molecule has 0 atom stereocenters. The molecule has 0 aliphatic carbocycles. The minimum Gasteiger partial charge on any atom is -0.504 e. The number of aromatic hydroxyl groups is 2. The predicted octanol–water partition coefficient (Wildman–Crippen LogP) is 1.75. The standard InChI is InChI=1S/C15H16N4O4S/c16-8-10-13(9-1-2-11(20)12(21)7-9)14(18-23-17)24-15(10)19-3-5-22-6-4-19/h1-2,7,18,20-21H,3-6,17H2. The van der Waals surface area contributed by atoms with Crippen molar-refractivity contribution < 1.29 is 19.9 Å². The van der Waals surface area contributed by atoms with Crippen molar-refractivity contribution in [3.63, 3.8) is 0 Å². The van der Waals surface area contributed by atoms with E-state index < -0.39 is 0 Å². The van der Waals surface area contributed by atoms with E-state index in [1.165, 1.54) is 23.5 Å². The molecule has 0 radical (unpaired) electrons. The molecule has 1 saturated heterocycles. The van der Waals surface area contributed by atoms with Crippen LogP contribution in [0.2, 0.25) is 0 Å². The zero-order valence-corrected chi connectivity index (χ0v) is 13.5. The SMILES string of the molecule is N#Cc1c(N2CCOCC2)sc(NON)c1-c1ccc(O)c(O)c1. The summed E-state index contributed by atoms with van der Waals surface area (Å²) in [5.74, 6) is 4.63. The fraction of sp³-hybridized carbons (Fsp3) is 0.267. The van der Waals surface area contributed by atoms with Crippen LogP contribution in [0.1, 0.15) is 5.56 Å². The second-order valence-electron chi connectivity index (χ2n) is 5.12. The Balaban J connectivity index is 2.13. The van der Waals surface area contributed by atoms with Crippen LogP contribution in [0.5, 0.6) is 11.5 Å². The van der Waals surface area contributed by atoms with Gasteiger partial charge in [-0.25, -0.2) is 5.48 Å². The summed E-state index contributed by atoms with van der Waals surface area (Å²) in [6.07, 6.45) is 0. The fourth-order valence-electron chi connectivity index (χ4n) is 2.59. The molecule has 0 unspecified atom stereocenters. The van der Waals surface area contributed by atoms with Gasteiger partial charge in [0.2, 0.25) is 0 Å². The highest BCUT2D eigenvalue weighted by molar-refractivity contribution is 7.21. The van der Waals surface area contributed by atoms with Crippen LogP contribution >= 0.6 is 11.3 Å². The van der Waals surface area contributed by atoms with Crippen molar-refractivity contribution in [1.29, 1.82) is 5.26 Å². The van der Waals surface area contributed by atoms with Crippen LogP contribution in [0.3, 0.4) is 0 Å². The molecule has 8 nitrogen and oxygen atoms in total. The highest BCUT2D eigenvalue weighted by Gasteiger charge is 2.25. The van der Waals surface area contributed by atoms with E-state index in [-0.39, 0.29) is 11.5 Å². The number of nitrogens with one attached hydrogen (secondary N) is 1. The van der Waals surface area contributed by atoms with Crippen LogP contribution in [-0.2, 0) is 9.68 Å². The molecule has 1 aromatic heterocycles. The van der Waals surface area contributed by atoms with Crippen LogP contribution in [0.4, 0.5) is 10.0 Å². The van der Waals surface area contributed by atoms with Crippen molar-refractivity contribution in [2.45, 2.75) is 0 Å². The number of hydrogen-bond acceptors (Lipinski definition) is 9. The molecule has 1 aromatic carbocycles. The molecule has 5 N–H and O–H groups in total. The molecule has 0 amide bonds. The summed E-state index contributed by atoms with van der Waals surface area (Å²) >= 11 is 1.33. The number of benzene rings is 1. The Labute approximate surface area is 142 Å². The monoisotopic (exact) mass is 348 g/mol. The number of morpholine rings is 1. The minimum absolute atomic E-state index is 0.231. The number of hydrogen-bond donors (Lipinski definition) is 4. The lowest BCUT2D eigenvalue weighted by Crippen LogP contribution is -2.36. The number of nitrogens with zero attached hydrogens (tertiary/aromatic N) is 2. The summed E-state index contributed by atoms with van der Waals surface area (Å²) in [6, 6.07) is 6.59. The van der Waals surface area contributed by atoms with Crippen molar-refractivity contribution in [2.24, 2.45) is 5.90 Å². The predicted molar refractivity (Wildman–Crippen MR) is 89.7 cm³/mol. The Bertz CT molecular complexity index is 781. The lowest BCUT2D eigenvalue weighted by molar-refractivity contribution is 0.123. The van der Waals surface area contributed by atoms with E-state index in [4.69, 9.17) is 10.6 Å². The molecular formula is C15H16N4O4S. The summed E-state index contributed by atoms with van der Waals surface area (Å²) < 4.78 is 5.35. The highest BCUT2D eigenvalue weighted by atomic mass is 32.1. The van der Waals surface area contributed by atoms with E-state index in [1.807, 2.05) is 0 Å². The molecule has 1 fully saturated rings. The van der Waals surface area contributed by atoms with E-state index in [0.29, 0.717) is 48.0 Å². The van der Waals surface area contributed by atoms with Crippen molar-refractivity contribution in [1.82, 2.24) is 0 Å². The molecule has 1 aliphatic rings. The average molecular weight is 348 g/mol. The van der Waals surface area contributed by atoms with Gasteiger partial charge in [0.1, 0.15) is 16.1 Å². The van der Waals surface area contributed by atoms with Crippen LogP contribution < -0.4 is 16.3 Å². The summed E-state index contributed by atoms with van der Waals surface area (Å²) in [5.41, 5.74) is 4.16. The molecule has 9 heteroatoms. The van der Waals surface area contributed by atoms with Crippen LogP contribution in [0.25, 0.3) is 11.1 Å². The van der Waals surface area contributed by atoms with Crippen LogP contribution in [-0.4, -0.2) is 36.5 Å². The number of rotatable bonds is 4. The van der Waals surface area contributed by atoms with Gasteiger partial charge in [-0.1, -0.05) is 17.4 Å². The summed E-state index contributed by atoms with van der Waals surface area (Å²) in [5, 5.41) is 30.3. The first-order valence-corrected chi connectivity index (χ1v) is 8.01. The quantitative estimate of drug-likeness (QED) is 0.487. The van der Waals surface area contributed by atoms with Gasteiger partial charge in [-0.3, -0.25) is 0 Å². The second-order valence-corrected chi connectivity index (χ2v) is 6.12. The van der Waals surface area contributed by atoms with E-state index in [2.05, 4.69) is 21.4 Å². The van der Waals surface area contributed by atoms with Gasteiger partial charge < -0.3 is 19.8 Å². The Morgan fingerprint density at radius 2 is 2.04 bits per heavy atom. The third-order valence-electron chi connectivity index (χ3n) is 3.72. The third-order valence-corrected chi connectivity index (χ3v) is 4.86. The minimum atomic E-state index is -0.268. The zero-order chi connectivity index (χ0) is 17.1. The van der Waals surface area contributed by atoms with Gasteiger partial charge >= 0.3 is 0 Å². The normalized spacial score (nSPS) is 14.4. The molecular weight excluding hydrogens is 332 g/mol. The molecule has 2 heterocycles. The van der Waals surface area contributed by atoms with Gasteiger partial charge in [0, 0.05) is 18.7 Å². The van der Waals surface area contributed by atoms with Crippen molar-refractivity contribution in [2.75, 3.05) is 36.7 Å². The van der Waals surface area contributed by atoms with Gasteiger partial charge in [-0.2, -0.15) is 16.1 Å². The smallest absolute Gasteiger partial charge is 0.158 e. The molecule has 0 bridgehead atoms. The Hall–Kier alpha value is -2.51. The summed E-state index contributed by atoms with van der Waals surface area (Å²) in [6.45, 7) is 2.54. The molecule has 3 rings (SSSR count). The number of nitriles is 1. The van der Waals surface area contributed by atoms with Gasteiger partial charge in [0.25, 0.3) is 0 Å². The number of phenolic OH excluding ortho intramolecular Hbond substituents is 2. The maximum Gasteiger partial charge on any atom is 0.158 e. The summed E-state index contributed by atoms with van der Waals surface area (Å²) in [7, 11) is 0. The van der Waals surface area contributed by atoms with Crippen LogP contribution in [0.15, 0.2) is 18.2 Å². The number of ether oxygens (including phenoxy) is 1. The molecule has 126 valence electrons. The van der Waals surface area contributed by atoms with Gasteiger partial charge in [-0.05, 0) is 17.7 Å². The highest BCUT2D eigenvalue weighted by Crippen LogP contribution is 2.46. The van der Waals surface area contributed by atoms with Gasteiger partial charge in [-0.15, -0.1) is 0 Å². The Kier molecular flexibility index (Phi) is 4.73. The number of phenols is 2. The fourth-order valence-corrected chi connectivity index (χ4v) is 3.76. The van der Waals surface area contributed by atoms with E-state index >= 15 is 0 Å². The molecule has 0 saturated carbocycles. The lowest BCUT2D eigenvalue weighted by Gasteiger charge is -2.27. The van der Waals surface area contributed by atoms with Crippen molar-refractivity contribution in [3.8, 4) is 28.7 Å². The van der Waals surface area contributed by atoms with E-state index in [1.54, 1.807) is 6.07 Å². The molecule has 2 aromatic rings. The molecule has 1 aliphatic heterocycles. The first-order chi connectivity index (χ1) is 11.7.